The standard InChI is InChI=1S/C11H10N2O2/c1-15-10-4-2-9(3-5-10)13-7-6-12-11(13)8-14/h2-8H,1H3. The lowest BCUT2D eigenvalue weighted by Crippen LogP contribution is -1.98. The summed E-state index contributed by atoms with van der Waals surface area (Å²) in [4.78, 5) is 14.6. The van der Waals surface area contributed by atoms with Gasteiger partial charge in [0.2, 0.25) is 0 Å². The van der Waals surface area contributed by atoms with E-state index in [1.54, 1.807) is 24.1 Å². The molecule has 0 aliphatic rings. The predicted octanol–water partition coefficient (Wildman–Crippen LogP) is 1.69. The molecule has 2 aromatic rings. The van der Waals surface area contributed by atoms with Crippen molar-refractivity contribution in [3.8, 4) is 11.4 Å². The summed E-state index contributed by atoms with van der Waals surface area (Å²) in [5, 5.41) is 0. The highest BCUT2D eigenvalue weighted by Crippen LogP contribution is 2.15. The fraction of sp³-hybridized carbons (Fsp3) is 0.0909. The molecule has 0 N–H and O–H groups in total. The van der Waals surface area contributed by atoms with E-state index in [0.29, 0.717) is 5.82 Å². The van der Waals surface area contributed by atoms with E-state index in [1.807, 2.05) is 24.3 Å². The van der Waals surface area contributed by atoms with Gasteiger partial charge in [-0.1, -0.05) is 0 Å². The molecular weight excluding hydrogens is 192 g/mol. The summed E-state index contributed by atoms with van der Waals surface area (Å²) in [5.41, 5.74) is 0.885. The molecule has 1 aromatic heterocycles. The van der Waals surface area contributed by atoms with Gasteiger partial charge in [0, 0.05) is 18.1 Å². The van der Waals surface area contributed by atoms with E-state index >= 15 is 0 Å². The van der Waals surface area contributed by atoms with E-state index in [1.165, 1.54) is 0 Å². The average molecular weight is 202 g/mol. The maximum absolute atomic E-state index is 10.7. The van der Waals surface area contributed by atoms with Crippen LogP contribution in [0.5, 0.6) is 5.75 Å². The summed E-state index contributed by atoms with van der Waals surface area (Å²) in [6, 6.07) is 7.41. The second kappa shape index (κ2) is 3.96. The number of hydrogen-bond acceptors (Lipinski definition) is 3. The fourth-order valence-corrected chi connectivity index (χ4v) is 1.36. The minimum Gasteiger partial charge on any atom is -0.497 e. The van der Waals surface area contributed by atoms with Crippen LogP contribution in [-0.2, 0) is 0 Å². The average Bonchev–Trinajstić information content (AvgIpc) is 2.77. The molecule has 0 aliphatic carbocycles. The molecule has 76 valence electrons. The molecule has 1 heterocycles. The number of imidazole rings is 1. The van der Waals surface area contributed by atoms with Crippen LogP contribution in [-0.4, -0.2) is 22.9 Å². The van der Waals surface area contributed by atoms with Gasteiger partial charge in [0.25, 0.3) is 0 Å². The predicted molar refractivity (Wildman–Crippen MR) is 55.5 cm³/mol. The molecule has 0 atom stereocenters. The molecule has 4 nitrogen and oxygen atoms in total. The van der Waals surface area contributed by atoms with Gasteiger partial charge in [-0.15, -0.1) is 0 Å². The molecule has 2 rings (SSSR count). The number of hydrogen-bond donors (Lipinski definition) is 0. The van der Waals surface area contributed by atoms with Crippen LogP contribution in [0.15, 0.2) is 36.7 Å². The van der Waals surface area contributed by atoms with Gasteiger partial charge in [-0.25, -0.2) is 4.98 Å². The van der Waals surface area contributed by atoms with E-state index < -0.39 is 0 Å². The number of methoxy groups -OCH3 is 1. The first kappa shape index (κ1) is 9.45. The molecule has 0 unspecified atom stereocenters. The van der Waals surface area contributed by atoms with Crippen LogP contribution in [0, 0.1) is 0 Å². The van der Waals surface area contributed by atoms with Crippen LogP contribution in [0.1, 0.15) is 10.6 Å². The smallest absolute Gasteiger partial charge is 0.185 e. The quantitative estimate of drug-likeness (QED) is 0.711. The number of aromatic nitrogens is 2. The van der Waals surface area contributed by atoms with Crippen LogP contribution in [0.2, 0.25) is 0 Å². The molecule has 0 bridgehead atoms. The molecule has 0 aliphatic heterocycles. The number of ether oxygens (including phenoxy) is 1. The summed E-state index contributed by atoms with van der Waals surface area (Å²) in [6.07, 6.45) is 4.06. The molecule has 1 aromatic carbocycles. The Kier molecular flexibility index (Phi) is 2.49. The maximum Gasteiger partial charge on any atom is 0.185 e. The zero-order chi connectivity index (χ0) is 10.7. The third-order valence-corrected chi connectivity index (χ3v) is 2.13. The minimum atomic E-state index is 0.389. The van der Waals surface area contributed by atoms with Crippen LogP contribution >= 0.6 is 0 Å². The van der Waals surface area contributed by atoms with Gasteiger partial charge >= 0.3 is 0 Å². The first-order valence-corrected chi connectivity index (χ1v) is 4.48. The van der Waals surface area contributed by atoms with Crippen molar-refractivity contribution in [2.24, 2.45) is 0 Å². The monoisotopic (exact) mass is 202 g/mol. The van der Waals surface area contributed by atoms with Gasteiger partial charge in [-0.05, 0) is 24.3 Å². The lowest BCUT2D eigenvalue weighted by molar-refractivity contribution is 0.111. The molecule has 15 heavy (non-hydrogen) atoms. The highest BCUT2D eigenvalue weighted by Gasteiger charge is 2.02. The van der Waals surface area contributed by atoms with Gasteiger partial charge in [-0.2, -0.15) is 0 Å². The minimum absolute atomic E-state index is 0.389. The van der Waals surface area contributed by atoms with Crippen LogP contribution in [0.3, 0.4) is 0 Å². The largest absolute Gasteiger partial charge is 0.497 e. The van der Waals surface area contributed by atoms with Crippen molar-refractivity contribution in [1.29, 1.82) is 0 Å². The normalized spacial score (nSPS) is 9.93. The molecule has 0 amide bonds. The van der Waals surface area contributed by atoms with E-state index in [0.717, 1.165) is 17.7 Å². The van der Waals surface area contributed by atoms with Crippen molar-refractivity contribution in [2.75, 3.05) is 7.11 Å². The second-order valence-corrected chi connectivity index (χ2v) is 2.97. The van der Waals surface area contributed by atoms with Crippen molar-refractivity contribution in [1.82, 2.24) is 9.55 Å². The Bertz CT molecular complexity index is 460. The lowest BCUT2D eigenvalue weighted by Gasteiger charge is -2.05. The lowest BCUT2D eigenvalue weighted by atomic mass is 10.3. The Morgan fingerprint density at radius 1 is 1.33 bits per heavy atom. The Morgan fingerprint density at radius 2 is 2.07 bits per heavy atom. The van der Waals surface area contributed by atoms with E-state index in [4.69, 9.17) is 4.74 Å². The number of rotatable bonds is 3. The Balaban J connectivity index is 2.41. The van der Waals surface area contributed by atoms with Gasteiger partial charge in [0.15, 0.2) is 12.1 Å². The molecule has 0 spiro atoms. The third-order valence-electron chi connectivity index (χ3n) is 2.13. The van der Waals surface area contributed by atoms with Crippen LogP contribution in [0.4, 0.5) is 0 Å². The summed E-state index contributed by atoms with van der Waals surface area (Å²) in [6.45, 7) is 0. The van der Waals surface area contributed by atoms with E-state index in [9.17, 15) is 4.79 Å². The Hall–Kier alpha value is -2.10. The molecule has 0 fully saturated rings. The summed E-state index contributed by atoms with van der Waals surface area (Å²) in [5.74, 6) is 1.17. The zero-order valence-electron chi connectivity index (χ0n) is 8.25. The molecule has 0 radical (unpaired) electrons. The van der Waals surface area contributed by atoms with E-state index in [-0.39, 0.29) is 0 Å². The van der Waals surface area contributed by atoms with Crippen molar-refractivity contribution in [3.63, 3.8) is 0 Å². The number of aldehydes is 1. The van der Waals surface area contributed by atoms with Gasteiger partial charge in [0.05, 0.1) is 7.11 Å². The van der Waals surface area contributed by atoms with E-state index in [2.05, 4.69) is 4.98 Å². The first-order valence-electron chi connectivity index (χ1n) is 4.48. The van der Waals surface area contributed by atoms with Gasteiger partial charge < -0.3 is 4.74 Å². The maximum atomic E-state index is 10.7. The molecule has 0 saturated heterocycles. The second-order valence-electron chi connectivity index (χ2n) is 2.97. The van der Waals surface area contributed by atoms with Crippen molar-refractivity contribution in [3.05, 3.63) is 42.5 Å². The van der Waals surface area contributed by atoms with Gasteiger partial charge in [-0.3, -0.25) is 9.36 Å². The summed E-state index contributed by atoms with van der Waals surface area (Å²) in [7, 11) is 1.61. The Morgan fingerprint density at radius 3 is 2.67 bits per heavy atom. The number of carbonyl (C=O) groups is 1. The van der Waals surface area contributed by atoms with Crippen molar-refractivity contribution < 1.29 is 9.53 Å². The first-order chi connectivity index (χ1) is 7.35. The third kappa shape index (κ3) is 1.74. The highest BCUT2D eigenvalue weighted by atomic mass is 16.5. The van der Waals surface area contributed by atoms with Crippen LogP contribution < -0.4 is 4.74 Å². The fourth-order valence-electron chi connectivity index (χ4n) is 1.36. The highest BCUT2D eigenvalue weighted by molar-refractivity contribution is 5.70. The van der Waals surface area contributed by atoms with Crippen LogP contribution in [0.25, 0.3) is 5.69 Å². The number of carbonyl (C=O) groups excluding carboxylic acids is 1. The Labute approximate surface area is 87.1 Å². The SMILES string of the molecule is COc1ccc(-n2ccnc2C=O)cc1. The van der Waals surface area contributed by atoms with Crippen molar-refractivity contribution >= 4 is 6.29 Å². The summed E-state index contributed by atoms with van der Waals surface area (Å²) >= 11 is 0. The number of nitrogens with zero attached hydrogens (tertiary/aromatic N) is 2. The van der Waals surface area contributed by atoms with Crippen molar-refractivity contribution in [2.45, 2.75) is 0 Å². The summed E-state index contributed by atoms with van der Waals surface area (Å²) < 4.78 is 6.76. The topological polar surface area (TPSA) is 44.1 Å². The number of benzene rings is 1. The molecule has 0 saturated carbocycles. The van der Waals surface area contributed by atoms with Gasteiger partial charge in [0.1, 0.15) is 5.75 Å². The zero-order valence-corrected chi connectivity index (χ0v) is 8.25. The molecule has 4 heteroatoms. The molecular formula is C11H10N2O2.